The minimum Gasteiger partial charge on any atom is -0.444 e. The first-order chi connectivity index (χ1) is 6.70. The fraction of sp³-hybridized carbons (Fsp3) is 0.909. The van der Waals surface area contributed by atoms with E-state index in [9.17, 15) is 4.79 Å². The number of ether oxygens (including phenoxy) is 1. The lowest BCUT2D eigenvalue weighted by atomic mass is 9.91. The Kier molecular flexibility index (Phi) is 5.08. The van der Waals surface area contributed by atoms with Gasteiger partial charge in [0.05, 0.1) is 0 Å². The molecule has 1 aliphatic heterocycles. The lowest BCUT2D eigenvalue weighted by Crippen LogP contribution is -2.50. The Hall–Kier alpha value is -0.480. The zero-order chi connectivity index (χ0) is 11.7. The van der Waals surface area contributed by atoms with Crippen molar-refractivity contribution in [2.45, 2.75) is 51.7 Å². The number of likely N-dealkylation sites (tertiary alicyclic amines) is 1. The first-order valence-electron chi connectivity index (χ1n) is 5.46. The molecule has 5 heteroatoms. The number of nitrogens with zero attached hydrogens (tertiary/aromatic N) is 1. The van der Waals surface area contributed by atoms with Crippen LogP contribution < -0.4 is 5.73 Å². The van der Waals surface area contributed by atoms with Gasteiger partial charge in [-0.3, -0.25) is 0 Å². The fourth-order valence-electron chi connectivity index (χ4n) is 1.53. The molecular formula is C11H23ClN2O2. The Morgan fingerprint density at radius 2 is 1.75 bits per heavy atom. The molecule has 0 aromatic rings. The number of hydrogen-bond donors (Lipinski definition) is 1. The van der Waals surface area contributed by atoms with Gasteiger partial charge in [-0.15, -0.1) is 12.4 Å². The van der Waals surface area contributed by atoms with Crippen molar-refractivity contribution in [3.63, 3.8) is 0 Å². The van der Waals surface area contributed by atoms with Crippen LogP contribution >= 0.6 is 12.4 Å². The molecule has 0 spiro atoms. The van der Waals surface area contributed by atoms with Crippen molar-refractivity contribution in [2.24, 2.45) is 5.73 Å². The Labute approximate surface area is 104 Å². The maximum atomic E-state index is 11.7. The van der Waals surface area contributed by atoms with Crippen LogP contribution in [0.25, 0.3) is 0 Å². The van der Waals surface area contributed by atoms with Gasteiger partial charge in [-0.2, -0.15) is 0 Å². The zero-order valence-corrected chi connectivity index (χ0v) is 11.4. The van der Waals surface area contributed by atoms with Crippen molar-refractivity contribution in [1.29, 1.82) is 0 Å². The number of rotatable bonds is 0. The summed E-state index contributed by atoms with van der Waals surface area (Å²) in [5.74, 6) is 0. The molecule has 1 aliphatic rings. The van der Waals surface area contributed by atoms with E-state index in [4.69, 9.17) is 10.5 Å². The fourth-order valence-corrected chi connectivity index (χ4v) is 1.53. The second kappa shape index (κ2) is 5.23. The lowest BCUT2D eigenvalue weighted by molar-refractivity contribution is 0.0176. The Morgan fingerprint density at radius 1 is 1.31 bits per heavy atom. The van der Waals surface area contributed by atoms with Crippen LogP contribution in [0.5, 0.6) is 0 Å². The average Bonchev–Trinajstić information content (AvgIpc) is 2.00. The molecule has 4 nitrogen and oxygen atoms in total. The van der Waals surface area contributed by atoms with E-state index < -0.39 is 5.60 Å². The Bertz CT molecular complexity index is 239. The van der Waals surface area contributed by atoms with Crippen LogP contribution in [0.15, 0.2) is 0 Å². The smallest absolute Gasteiger partial charge is 0.410 e. The largest absolute Gasteiger partial charge is 0.444 e. The molecule has 1 heterocycles. The van der Waals surface area contributed by atoms with Crippen LogP contribution in [0.2, 0.25) is 0 Å². The molecule has 1 amide bonds. The SMILES string of the molecule is CC1(N)CCN(C(=O)OC(C)(C)C)CC1.Cl. The van der Waals surface area contributed by atoms with Gasteiger partial charge in [0.1, 0.15) is 5.60 Å². The van der Waals surface area contributed by atoms with E-state index in [2.05, 4.69) is 0 Å². The minimum atomic E-state index is -0.416. The van der Waals surface area contributed by atoms with Crippen LogP contribution in [-0.2, 0) is 4.74 Å². The molecule has 1 rings (SSSR count). The van der Waals surface area contributed by atoms with Gasteiger partial charge in [-0.25, -0.2) is 4.79 Å². The van der Waals surface area contributed by atoms with Gasteiger partial charge in [0.25, 0.3) is 0 Å². The zero-order valence-electron chi connectivity index (χ0n) is 10.6. The molecule has 0 bridgehead atoms. The molecule has 0 unspecified atom stereocenters. The highest BCUT2D eigenvalue weighted by Crippen LogP contribution is 2.20. The quantitative estimate of drug-likeness (QED) is 0.717. The van der Waals surface area contributed by atoms with E-state index in [1.165, 1.54) is 0 Å². The van der Waals surface area contributed by atoms with Crippen molar-refractivity contribution in [2.75, 3.05) is 13.1 Å². The summed E-state index contributed by atoms with van der Waals surface area (Å²) >= 11 is 0. The number of halogens is 1. The number of carbonyl (C=O) groups is 1. The summed E-state index contributed by atoms with van der Waals surface area (Å²) in [5.41, 5.74) is 5.45. The average molecular weight is 251 g/mol. The summed E-state index contributed by atoms with van der Waals surface area (Å²) in [7, 11) is 0. The number of hydrogen-bond acceptors (Lipinski definition) is 3. The molecule has 1 saturated heterocycles. The highest BCUT2D eigenvalue weighted by molar-refractivity contribution is 5.85. The predicted octanol–water partition coefficient (Wildman–Crippen LogP) is 2.16. The summed E-state index contributed by atoms with van der Waals surface area (Å²) in [4.78, 5) is 13.4. The molecule has 0 radical (unpaired) electrons. The van der Waals surface area contributed by atoms with Crippen molar-refractivity contribution in [1.82, 2.24) is 4.90 Å². The molecule has 2 N–H and O–H groups in total. The summed E-state index contributed by atoms with van der Waals surface area (Å²) < 4.78 is 5.29. The van der Waals surface area contributed by atoms with Gasteiger partial charge >= 0.3 is 6.09 Å². The maximum absolute atomic E-state index is 11.7. The first kappa shape index (κ1) is 15.5. The van der Waals surface area contributed by atoms with Gasteiger partial charge < -0.3 is 15.4 Å². The summed E-state index contributed by atoms with van der Waals surface area (Å²) in [6.45, 7) is 9.05. The predicted molar refractivity (Wildman–Crippen MR) is 66.9 cm³/mol. The van der Waals surface area contributed by atoms with E-state index in [0.29, 0.717) is 13.1 Å². The third-order valence-electron chi connectivity index (χ3n) is 2.56. The molecule has 0 saturated carbocycles. The summed E-state index contributed by atoms with van der Waals surface area (Å²) in [5, 5.41) is 0. The normalized spacial score (nSPS) is 19.9. The minimum absolute atomic E-state index is 0. The van der Waals surface area contributed by atoms with Gasteiger partial charge in [0.15, 0.2) is 0 Å². The van der Waals surface area contributed by atoms with Gasteiger partial charge in [0, 0.05) is 18.6 Å². The van der Waals surface area contributed by atoms with Crippen LogP contribution in [0.1, 0.15) is 40.5 Å². The molecule has 96 valence electrons. The highest BCUT2D eigenvalue weighted by atomic mass is 35.5. The summed E-state index contributed by atoms with van der Waals surface area (Å²) in [6, 6.07) is 0. The van der Waals surface area contributed by atoms with Crippen molar-refractivity contribution in [3.8, 4) is 0 Å². The Balaban J connectivity index is 0.00000225. The van der Waals surface area contributed by atoms with Gasteiger partial charge in [-0.05, 0) is 40.5 Å². The molecule has 0 aliphatic carbocycles. The molecule has 0 aromatic carbocycles. The Morgan fingerprint density at radius 3 is 2.12 bits per heavy atom. The highest BCUT2D eigenvalue weighted by Gasteiger charge is 2.30. The van der Waals surface area contributed by atoms with E-state index in [1.54, 1.807) is 4.90 Å². The molecular weight excluding hydrogens is 228 g/mol. The van der Waals surface area contributed by atoms with Crippen LogP contribution in [0.3, 0.4) is 0 Å². The monoisotopic (exact) mass is 250 g/mol. The van der Waals surface area contributed by atoms with Gasteiger partial charge in [0.2, 0.25) is 0 Å². The molecule has 16 heavy (non-hydrogen) atoms. The number of nitrogens with two attached hydrogens (primary N) is 1. The number of carbonyl (C=O) groups excluding carboxylic acids is 1. The molecule has 1 fully saturated rings. The summed E-state index contributed by atoms with van der Waals surface area (Å²) in [6.07, 6.45) is 1.45. The lowest BCUT2D eigenvalue weighted by Gasteiger charge is -2.37. The van der Waals surface area contributed by atoms with E-state index in [1.807, 2.05) is 27.7 Å². The van der Waals surface area contributed by atoms with E-state index in [0.717, 1.165) is 12.8 Å². The van der Waals surface area contributed by atoms with E-state index in [-0.39, 0.29) is 24.0 Å². The number of piperidine rings is 1. The van der Waals surface area contributed by atoms with Crippen molar-refractivity contribution in [3.05, 3.63) is 0 Å². The third-order valence-corrected chi connectivity index (χ3v) is 2.56. The van der Waals surface area contributed by atoms with Crippen LogP contribution in [0.4, 0.5) is 4.79 Å². The maximum Gasteiger partial charge on any atom is 0.410 e. The van der Waals surface area contributed by atoms with Crippen molar-refractivity contribution < 1.29 is 9.53 Å². The van der Waals surface area contributed by atoms with E-state index >= 15 is 0 Å². The molecule has 0 aromatic heterocycles. The first-order valence-corrected chi connectivity index (χ1v) is 5.46. The second-order valence-electron chi connectivity index (χ2n) is 5.62. The molecule has 0 atom stereocenters. The van der Waals surface area contributed by atoms with Gasteiger partial charge in [-0.1, -0.05) is 0 Å². The topological polar surface area (TPSA) is 55.6 Å². The van der Waals surface area contributed by atoms with Crippen LogP contribution in [0, 0.1) is 0 Å². The third kappa shape index (κ3) is 5.03. The van der Waals surface area contributed by atoms with Crippen LogP contribution in [-0.4, -0.2) is 35.2 Å². The standard InChI is InChI=1S/C11H22N2O2.ClH/c1-10(2,3)15-9(14)13-7-5-11(4,12)6-8-13;/h5-8,12H2,1-4H3;1H. The second-order valence-corrected chi connectivity index (χ2v) is 5.62. The van der Waals surface area contributed by atoms with Crippen molar-refractivity contribution >= 4 is 18.5 Å². The number of amides is 1.